The highest BCUT2D eigenvalue weighted by Crippen LogP contribution is 2.30. The molecule has 2 N–H and O–H groups in total. The molecule has 0 radical (unpaired) electrons. The molecule has 0 aliphatic heterocycles. The number of aryl methyl sites for hydroxylation is 1. The number of pyridine rings is 1. The van der Waals surface area contributed by atoms with E-state index >= 15 is 0 Å². The van der Waals surface area contributed by atoms with Crippen LogP contribution in [0.3, 0.4) is 0 Å². The first-order valence-corrected chi connectivity index (χ1v) is 5.73. The molecule has 0 unspecified atom stereocenters. The van der Waals surface area contributed by atoms with Gasteiger partial charge in [-0.1, -0.05) is 24.3 Å². The van der Waals surface area contributed by atoms with Crippen molar-refractivity contribution in [1.29, 1.82) is 0 Å². The second kappa shape index (κ2) is 4.91. The molecule has 0 aliphatic rings. The zero-order valence-corrected chi connectivity index (χ0v) is 10.3. The third kappa shape index (κ3) is 3.24. The van der Waals surface area contributed by atoms with Gasteiger partial charge in [0.05, 0.1) is 5.56 Å². The Morgan fingerprint density at radius 2 is 1.95 bits per heavy atom. The third-order valence-corrected chi connectivity index (χ3v) is 2.79. The van der Waals surface area contributed by atoms with Gasteiger partial charge in [-0.15, -0.1) is 0 Å². The van der Waals surface area contributed by atoms with Crippen molar-refractivity contribution in [3.63, 3.8) is 0 Å². The molecule has 1 heterocycles. The van der Waals surface area contributed by atoms with Crippen molar-refractivity contribution in [2.75, 3.05) is 5.73 Å². The molecule has 100 valence electrons. The van der Waals surface area contributed by atoms with Crippen molar-refractivity contribution in [3.8, 4) is 0 Å². The average molecular weight is 266 g/mol. The number of nitrogens with zero attached hydrogens (tertiary/aromatic N) is 1. The number of aromatic nitrogens is 1. The van der Waals surface area contributed by atoms with Crippen LogP contribution in [0.25, 0.3) is 0 Å². The van der Waals surface area contributed by atoms with Gasteiger partial charge in [-0.3, -0.25) is 0 Å². The van der Waals surface area contributed by atoms with E-state index in [0.29, 0.717) is 17.8 Å². The van der Waals surface area contributed by atoms with Gasteiger partial charge in [0, 0.05) is 12.6 Å². The number of benzene rings is 1. The topological polar surface area (TPSA) is 38.9 Å². The first kappa shape index (κ1) is 13.4. The summed E-state index contributed by atoms with van der Waals surface area (Å²) in [5.41, 5.74) is 7.31. The minimum Gasteiger partial charge on any atom is -0.383 e. The molecule has 0 aliphatic carbocycles. The minimum absolute atomic E-state index is 0.338. The number of alkyl halides is 3. The van der Waals surface area contributed by atoms with Gasteiger partial charge in [0.25, 0.3) is 0 Å². The summed E-state index contributed by atoms with van der Waals surface area (Å²) >= 11 is 0. The molecule has 2 rings (SSSR count). The van der Waals surface area contributed by atoms with Crippen LogP contribution in [0.4, 0.5) is 19.0 Å². The van der Waals surface area contributed by atoms with Crippen LogP contribution in [0.2, 0.25) is 0 Å². The van der Waals surface area contributed by atoms with Gasteiger partial charge in [0.2, 0.25) is 0 Å². The summed E-state index contributed by atoms with van der Waals surface area (Å²) in [7, 11) is 0. The molecule has 1 aromatic heterocycles. The normalized spacial score (nSPS) is 11.6. The second-order valence-corrected chi connectivity index (χ2v) is 4.43. The van der Waals surface area contributed by atoms with Gasteiger partial charge >= 0.3 is 6.18 Å². The van der Waals surface area contributed by atoms with Gasteiger partial charge in [0.1, 0.15) is 5.82 Å². The van der Waals surface area contributed by atoms with Crippen molar-refractivity contribution in [2.24, 2.45) is 0 Å². The van der Waals surface area contributed by atoms with Crippen LogP contribution in [-0.4, -0.2) is 4.98 Å². The number of hydrogen-bond acceptors (Lipinski definition) is 2. The fourth-order valence-electron chi connectivity index (χ4n) is 1.86. The quantitative estimate of drug-likeness (QED) is 0.902. The Morgan fingerprint density at radius 3 is 2.63 bits per heavy atom. The summed E-state index contributed by atoms with van der Waals surface area (Å²) in [6.45, 7) is 1.86. The third-order valence-electron chi connectivity index (χ3n) is 2.79. The van der Waals surface area contributed by atoms with Crippen LogP contribution < -0.4 is 5.73 Å². The van der Waals surface area contributed by atoms with Crippen LogP contribution in [0.1, 0.15) is 22.3 Å². The minimum atomic E-state index is -4.33. The van der Waals surface area contributed by atoms with Gasteiger partial charge < -0.3 is 5.73 Å². The van der Waals surface area contributed by atoms with Crippen LogP contribution in [0.5, 0.6) is 0 Å². The van der Waals surface area contributed by atoms with E-state index in [1.165, 1.54) is 6.07 Å². The molecule has 0 fully saturated rings. The summed E-state index contributed by atoms with van der Waals surface area (Å²) in [5, 5.41) is 0. The molecule has 2 nitrogen and oxygen atoms in total. The molecule has 5 heteroatoms. The zero-order valence-electron chi connectivity index (χ0n) is 10.3. The fourth-order valence-corrected chi connectivity index (χ4v) is 1.86. The lowest BCUT2D eigenvalue weighted by Crippen LogP contribution is -2.06. The Balaban J connectivity index is 2.31. The van der Waals surface area contributed by atoms with Crippen LogP contribution in [0, 0.1) is 6.92 Å². The van der Waals surface area contributed by atoms with Crippen molar-refractivity contribution in [2.45, 2.75) is 19.5 Å². The lowest BCUT2D eigenvalue weighted by molar-refractivity contribution is -0.137. The maximum atomic E-state index is 12.6. The van der Waals surface area contributed by atoms with E-state index in [2.05, 4.69) is 4.98 Å². The van der Waals surface area contributed by atoms with E-state index in [4.69, 9.17) is 5.73 Å². The number of anilines is 1. The number of nitrogen functional groups attached to an aromatic ring is 1. The lowest BCUT2D eigenvalue weighted by atomic mass is 10.0. The highest BCUT2D eigenvalue weighted by molar-refractivity contribution is 5.44. The van der Waals surface area contributed by atoms with Crippen molar-refractivity contribution in [1.82, 2.24) is 4.98 Å². The molecule has 0 atom stereocenters. The smallest absolute Gasteiger partial charge is 0.383 e. The maximum absolute atomic E-state index is 12.6. The van der Waals surface area contributed by atoms with E-state index in [0.717, 1.165) is 23.3 Å². The molecular weight excluding hydrogens is 253 g/mol. The Kier molecular flexibility index (Phi) is 3.46. The van der Waals surface area contributed by atoms with Gasteiger partial charge in [0.15, 0.2) is 0 Å². The number of halogens is 3. The average Bonchev–Trinajstić information content (AvgIpc) is 2.33. The highest BCUT2D eigenvalue weighted by Gasteiger charge is 2.30. The van der Waals surface area contributed by atoms with E-state index in [-0.39, 0.29) is 0 Å². The molecule has 0 amide bonds. The Morgan fingerprint density at radius 1 is 1.21 bits per heavy atom. The lowest BCUT2D eigenvalue weighted by Gasteiger charge is -2.10. The fraction of sp³-hybridized carbons (Fsp3) is 0.214. The van der Waals surface area contributed by atoms with Gasteiger partial charge in [-0.25, -0.2) is 4.98 Å². The Labute approximate surface area is 109 Å². The van der Waals surface area contributed by atoms with Gasteiger partial charge in [-0.2, -0.15) is 13.2 Å². The zero-order chi connectivity index (χ0) is 14.0. The summed E-state index contributed by atoms with van der Waals surface area (Å²) < 4.78 is 37.8. The predicted molar refractivity (Wildman–Crippen MR) is 67.6 cm³/mol. The van der Waals surface area contributed by atoms with E-state index < -0.39 is 11.7 Å². The van der Waals surface area contributed by atoms with Crippen LogP contribution in [-0.2, 0) is 12.6 Å². The Hall–Kier alpha value is -2.04. The monoisotopic (exact) mass is 266 g/mol. The second-order valence-electron chi connectivity index (χ2n) is 4.43. The molecule has 0 saturated heterocycles. The number of nitrogens with two attached hydrogens (primary N) is 1. The van der Waals surface area contributed by atoms with Crippen molar-refractivity contribution in [3.05, 3.63) is 58.8 Å². The number of hydrogen-bond donors (Lipinski definition) is 1. The molecule has 0 spiro atoms. The first-order valence-electron chi connectivity index (χ1n) is 5.73. The molecule has 0 saturated carbocycles. The standard InChI is InChI=1S/C14H13F3N2/c1-9-5-11(13(18)19-8-9)6-10-3-2-4-12(7-10)14(15,16)17/h2-5,7-8H,6H2,1H3,(H2,18,19). The summed E-state index contributed by atoms with van der Waals surface area (Å²) in [4.78, 5) is 4.00. The molecule has 19 heavy (non-hydrogen) atoms. The van der Waals surface area contributed by atoms with E-state index in [9.17, 15) is 13.2 Å². The summed E-state index contributed by atoms with van der Waals surface area (Å²) in [6.07, 6.45) is -2.36. The summed E-state index contributed by atoms with van der Waals surface area (Å²) in [6, 6.07) is 7.08. The van der Waals surface area contributed by atoms with Crippen molar-refractivity contribution >= 4 is 5.82 Å². The first-order chi connectivity index (χ1) is 8.86. The SMILES string of the molecule is Cc1cnc(N)c(Cc2cccc(C(F)(F)F)c2)c1. The Bertz CT molecular complexity index is 591. The molecule has 1 aromatic carbocycles. The van der Waals surface area contributed by atoms with E-state index in [1.54, 1.807) is 12.3 Å². The molecule has 0 bridgehead atoms. The maximum Gasteiger partial charge on any atom is 0.416 e. The van der Waals surface area contributed by atoms with Crippen molar-refractivity contribution < 1.29 is 13.2 Å². The largest absolute Gasteiger partial charge is 0.416 e. The molecular formula is C14H13F3N2. The van der Waals surface area contributed by atoms with Crippen LogP contribution in [0.15, 0.2) is 36.5 Å². The van der Waals surface area contributed by atoms with Crippen LogP contribution >= 0.6 is 0 Å². The van der Waals surface area contributed by atoms with Gasteiger partial charge in [-0.05, 0) is 29.7 Å². The predicted octanol–water partition coefficient (Wildman–Crippen LogP) is 3.58. The summed E-state index contributed by atoms with van der Waals surface area (Å²) in [5.74, 6) is 0.350. The molecule has 2 aromatic rings. The van der Waals surface area contributed by atoms with E-state index in [1.807, 2.05) is 13.0 Å². The highest BCUT2D eigenvalue weighted by atomic mass is 19.4. The number of rotatable bonds is 2.